The number of hydrogen-bond donors (Lipinski definition) is 3. The van der Waals surface area contributed by atoms with Crippen molar-refractivity contribution in [3.8, 4) is 0 Å². The summed E-state index contributed by atoms with van der Waals surface area (Å²) < 4.78 is 48.4. The molecule has 2 atom stereocenters. The van der Waals surface area contributed by atoms with Crippen molar-refractivity contribution < 1.29 is 123 Å². The third-order valence-electron chi connectivity index (χ3n) is 14.5. The largest absolute Gasteiger partial charge is 1.00 e. The van der Waals surface area contributed by atoms with Crippen LogP contribution in [0.2, 0.25) is 0 Å². The first-order chi connectivity index (χ1) is 48.2. The van der Waals surface area contributed by atoms with Crippen LogP contribution in [0.5, 0.6) is 0 Å². The number of alkyl halides is 24. The zero-order valence-corrected chi connectivity index (χ0v) is 83.3. The second kappa shape index (κ2) is 55.9. The van der Waals surface area contributed by atoms with E-state index in [1.165, 1.54) is 0 Å². The first-order valence-electron chi connectivity index (χ1n) is 32.7. The summed E-state index contributed by atoms with van der Waals surface area (Å²) in [4.78, 5) is 25.4. The third kappa shape index (κ3) is 64.3. The molecule has 0 radical (unpaired) electrons. The van der Waals surface area contributed by atoms with Crippen LogP contribution in [0.25, 0.3) is 0 Å². The molecule has 1 saturated carbocycles. The molecule has 0 aromatic carbocycles. The van der Waals surface area contributed by atoms with Crippen LogP contribution >= 0.6 is 278 Å². The molecule has 0 spiro atoms. The van der Waals surface area contributed by atoms with Crippen LogP contribution in [0, 0.1) is 18.8 Å². The van der Waals surface area contributed by atoms with Gasteiger partial charge in [-0.25, -0.2) is 17.5 Å². The molecule has 110 heavy (non-hydrogen) atoms. The van der Waals surface area contributed by atoms with Gasteiger partial charge in [-0.2, -0.15) is 0 Å². The van der Waals surface area contributed by atoms with E-state index in [1.54, 1.807) is 27.9 Å². The number of rotatable bonds is 33. The van der Waals surface area contributed by atoms with Crippen molar-refractivity contribution in [2.45, 2.75) is 232 Å². The summed E-state index contributed by atoms with van der Waals surface area (Å²) in [6, 6.07) is 0. The van der Waals surface area contributed by atoms with Crippen LogP contribution in [0.3, 0.4) is 0 Å². The number of carbonyl (C=O) groups excluding carboxylic acids is 1. The molecule has 1 fully saturated rings. The van der Waals surface area contributed by atoms with Crippen molar-refractivity contribution in [2.75, 3.05) is 86.4 Å². The molecule has 0 aromatic rings. The second-order valence-corrected chi connectivity index (χ2v) is 47.5. The Bertz CT molecular complexity index is 2790. The third-order valence-corrected chi connectivity index (χ3v) is 17.1. The maximum atomic E-state index is 11.5. The zero-order valence-electron chi connectivity index (χ0n) is 64.6. The summed E-state index contributed by atoms with van der Waals surface area (Å²) >= 11 is 137. The molecule has 18 nitrogen and oxygen atoms in total. The minimum atomic E-state index is -1.61. The van der Waals surface area contributed by atoms with Crippen LogP contribution in [0.4, 0.5) is 0 Å². The Balaban J connectivity index is -0.000000434. The number of aliphatic imine (C=N–C) groups is 3. The van der Waals surface area contributed by atoms with E-state index in [0.29, 0.717) is 82.3 Å². The number of methoxy groups -OCH3 is 1. The maximum absolute atomic E-state index is 11.5. The number of hydrogen-bond acceptors (Lipinski definition) is 18. The molecule has 2 heterocycles. The van der Waals surface area contributed by atoms with E-state index < -0.39 is 66.8 Å². The normalized spacial score (nSPS) is 18.7. The van der Waals surface area contributed by atoms with Gasteiger partial charge >= 0.3 is 37.7 Å². The summed E-state index contributed by atoms with van der Waals surface area (Å²) in [5.41, 5.74) is 9.85. The molecule has 4 rings (SSSR count). The average Bonchev–Trinajstić information content (AvgIpc) is 1.71. The van der Waals surface area contributed by atoms with E-state index in [1.807, 2.05) is 55.4 Å². The van der Waals surface area contributed by atoms with Gasteiger partial charge in [0.05, 0.1) is 77.1 Å². The van der Waals surface area contributed by atoms with E-state index in [-0.39, 0.29) is 145 Å². The minimum Gasteiger partial charge on any atom is -1.00 e. The molecular weight excluding hydrogens is 2010 g/mol. The van der Waals surface area contributed by atoms with Crippen LogP contribution < -0.4 is 60.4 Å². The Morgan fingerprint density at radius 1 is 0.564 bits per heavy atom. The standard InChI is InChI=1S/C16H23Cl6NO4.C16H25Cl6NO3.C16H22Cl6NO3.C13H16Cl6O3.C4H11NO.BrH.2Li.H/c1-10(6-24)11(13-23-14(2,3)7-27-13)4-5-12(25-8-15(17,18)19)26-9-16(20,21)22;1-10-5-6-12(23-14(2,3)24-4)11(10)7-13(25-8-15(17,18)19)26-9-16(20,21)22;1-10(2)11(13-23-14(3,4)7-26-13)5-6-12(24-8-15(17,18)19)25-9-16(20,21)22;1-8-9(2-4-10(8)20)3-5-11(21-6-12(14,15)16)22-7-13(17,18)19;1-4(2,5)3-6;;;;/h12,24H,4-9H2,1-3H3;10-11,13H,5-9H2,1-4H3;12H,1,5-9H2,2-4H3;11H,2-7H2,1H3;6H,3,5H2,1-2H3;1H;;;/q;;-1;;;;2*+1;-1/p-1/b11-10-;;11-10+;;;;;;. The van der Waals surface area contributed by atoms with E-state index in [2.05, 4.69) is 23.8 Å². The topological polar surface area (TPSA) is 222 Å². The predicted octanol–water partition coefficient (Wildman–Crippen LogP) is 14.3. The molecule has 2 aliphatic carbocycles. The number of ether oxygens (including phenoxy) is 11. The quantitative estimate of drug-likeness (QED) is 0.0241. The van der Waals surface area contributed by atoms with Crippen molar-refractivity contribution in [2.24, 2.45) is 32.5 Å². The number of Topliss-reactive ketones (excluding diaryl/α,β-unsaturated/α-hetero) is 1. The summed E-state index contributed by atoms with van der Waals surface area (Å²) in [7, 11) is 1.63. The van der Waals surface area contributed by atoms with Crippen LogP contribution in [0.15, 0.2) is 48.4 Å². The van der Waals surface area contributed by atoms with Crippen molar-refractivity contribution >= 4 is 302 Å². The van der Waals surface area contributed by atoms with Gasteiger partial charge in [0.15, 0.2) is 36.7 Å². The molecule has 45 heteroatoms. The number of allylic oxidation sites excluding steroid dienone is 3. The number of nitrogens with two attached hydrogens (primary N) is 1. The SMILES string of the molecule is C/C(CO)=C(\CCC(OCC(Cl)(Cl)Cl)OCC(Cl)(Cl)Cl)C1=NC(C)(C)CO1.CC(C)(N)CO.CC1=C(CCC(OCC(Cl)(Cl)Cl)OCC(Cl)(Cl)Cl)CCC1=O.COC(C)(C)N=C1CCC(C)C1CC(OCC(Cl)(Cl)Cl)OCC(Cl)(Cl)Cl.[Br-].[CH2-]/C(C)=C(/CCC(OCC(Cl)(Cl)Cl)OCC(Cl)(Cl)Cl)C1=NC(C)(C)CO1.[H-].[Li+].[Li+]. The minimum absolute atomic E-state index is 0. The molecule has 4 aliphatic rings. The molecule has 0 amide bonds. The number of ketones is 1. The first kappa shape index (κ1) is 122. The molecule has 640 valence electrons. The predicted molar refractivity (Wildman–Crippen MR) is 454 cm³/mol. The second-order valence-electron chi connectivity index (χ2n) is 27.4. The summed E-state index contributed by atoms with van der Waals surface area (Å²) in [5.74, 6) is 1.78. The molecule has 2 unspecified atom stereocenters. The van der Waals surface area contributed by atoms with Crippen molar-refractivity contribution in [3.63, 3.8) is 0 Å². The van der Waals surface area contributed by atoms with E-state index in [0.717, 1.165) is 58.4 Å². The maximum Gasteiger partial charge on any atom is 1.00 e. The van der Waals surface area contributed by atoms with Gasteiger partial charge in [-0.05, 0) is 125 Å². The van der Waals surface area contributed by atoms with Gasteiger partial charge in [0.2, 0.25) is 36.2 Å². The Kier molecular flexibility index (Phi) is 61.9. The Morgan fingerprint density at radius 2 is 0.873 bits per heavy atom. The molecule has 0 aromatic heterocycles. The molecule has 0 saturated heterocycles. The molecular formula is C65H98BrCl24Li2N4O14-. The van der Waals surface area contributed by atoms with Crippen LogP contribution in [-0.4, -0.2) is 198 Å². The summed E-state index contributed by atoms with van der Waals surface area (Å²) in [5, 5.41) is 17.8. The van der Waals surface area contributed by atoms with E-state index in [9.17, 15) is 9.90 Å². The van der Waals surface area contributed by atoms with Crippen molar-refractivity contribution in [1.82, 2.24) is 0 Å². The molecule has 4 N–H and O–H groups in total. The van der Waals surface area contributed by atoms with Gasteiger partial charge in [-0.1, -0.05) is 304 Å². The van der Waals surface area contributed by atoms with Crippen LogP contribution in [-0.2, 0) is 56.9 Å². The fourth-order valence-corrected chi connectivity index (χ4v) is 10.6. The number of aliphatic hydroxyl groups is 2. The van der Waals surface area contributed by atoms with E-state index >= 15 is 0 Å². The summed E-state index contributed by atoms with van der Waals surface area (Å²) in [6.07, 6.45) is 3.63. The van der Waals surface area contributed by atoms with Gasteiger partial charge in [0, 0.05) is 55.5 Å². The van der Waals surface area contributed by atoms with Gasteiger partial charge in [-0.15, -0.1) is 5.57 Å². The van der Waals surface area contributed by atoms with Crippen LogP contribution in [0.1, 0.15) is 155 Å². The average molecular weight is 2100 g/mol. The summed E-state index contributed by atoms with van der Waals surface area (Å²) in [6.45, 7) is 26.5. The Morgan fingerprint density at radius 3 is 1.14 bits per heavy atom. The van der Waals surface area contributed by atoms with Crippen molar-refractivity contribution in [1.29, 1.82) is 0 Å². The van der Waals surface area contributed by atoms with Crippen molar-refractivity contribution in [3.05, 3.63) is 40.4 Å². The first-order valence-corrected chi connectivity index (χ1v) is 41.7. The fourth-order valence-electron chi connectivity index (χ4n) is 9.07. The molecule has 0 bridgehead atoms. The van der Waals surface area contributed by atoms with Gasteiger partial charge in [0.1, 0.15) is 19.1 Å². The van der Waals surface area contributed by atoms with Gasteiger partial charge in [-0.3, -0.25) is 14.8 Å². The number of aliphatic hydroxyl groups excluding tert-OH is 2. The Labute approximate surface area is 806 Å². The zero-order chi connectivity index (χ0) is 83.4. The van der Waals surface area contributed by atoms with Gasteiger partial charge in [0.25, 0.3) is 0 Å². The van der Waals surface area contributed by atoms with E-state index in [4.69, 9.17) is 346 Å². The van der Waals surface area contributed by atoms with Gasteiger partial charge < -0.3 is 86.5 Å². The number of halogens is 25. The Hall–Kier alpha value is 5.52. The number of carbonyl (C=O) groups is 1. The monoisotopic (exact) mass is 2090 g/mol. The molecule has 2 aliphatic heterocycles. The number of nitrogens with zero attached hydrogens (tertiary/aromatic N) is 3. The fraction of sp³-hybridized carbons (Fsp3) is 0.831. The smallest absolute Gasteiger partial charge is 1.00 e.